The minimum Gasteiger partial charge on any atom is -0.507 e. The van der Waals surface area contributed by atoms with Gasteiger partial charge in [-0.3, -0.25) is 14.5 Å². The summed E-state index contributed by atoms with van der Waals surface area (Å²) >= 11 is 6.42. The molecule has 1 heterocycles. The van der Waals surface area contributed by atoms with E-state index < -0.39 is 17.7 Å². The Kier molecular flexibility index (Phi) is 6.85. The number of halogens is 1. The lowest BCUT2D eigenvalue weighted by Crippen LogP contribution is -2.29. The van der Waals surface area contributed by atoms with Gasteiger partial charge in [-0.05, 0) is 68.3 Å². The van der Waals surface area contributed by atoms with E-state index in [4.69, 9.17) is 21.1 Å². The van der Waals surface area contributed by atoms with Gasteiger partial charge in [-0.1, -0.05) is 35.9 Å². The van der Waals surface area contributed by atoms with Gasteiger partial charge in [0.05, 0.1) is 30.4 Å². The largest absolute Gasteiger partial charge is 0.507 e. The van der Waals surface area contributed by atoms with E-state index in [0.29, 0.717) is 29.4 Å². The highest BCUT2D eigenvalue weighted by Crippen LogP contribution is 2.46. The molecule has 0 radical (unpaired) electrons. The zero-order chi connectivity index (χ0) is 25.3. The predicted molar refractivity (Wildman–Crippen MR) is 136 cm³/mol. The number of carbonyl (C=O) groups excluding carboxylic acids is 2. The molecule has 0 spiro atoms. The number of aryl methyl sites for hydroxylation is 2. The first-order chi connectivity index (χ1) is 16.8. The molecule has 1 atom stereocenters. The second-order valence-corrected chi connectivity index (χ2v) is 8.74. The van der Waals surface area contributed by atoms with E-state index in [2.05, 4.69) is 0 Å². The number of benzene rings is 3. The average molecular weight is 492 g/mol. The molecule has 1 amide bonds. The minimum absolute atomic E-state index is 0.0748. The topological polar surface area (TPSA) is 76.1 Å². The Bertz CT molecular complexity index is 1330. The molecular formula is C28H26ClNO5. The molecule has 1 saturated heterocycles. The molecular weight excluding hydrogens is 466 g/mol. The number of rotatable bonds is 6. The van der Waals surface area contributed by atoms with Crippen LogP contribution in [0.5, 0.6) is 11.5 Å². The van der Waals surface area contributed by atoms with E-state index in [-0.39, 0.29) is 21.9 Å². The van der Waals surface area contributed by atoms with Crippen molar-refractivity contribution in [3.8, 4) is 11.5 Å². The number of methoxy groups -OCH3 is 1. The Hall–Kier alpha value is -3.77. The first-order valence-corrected chi connectivity index (χ1v) is 11.6. The Labute approximate surface area is 209 Å². The van der Waals surface area contributed by atoms with Crippen LogP contribution < -0.4 is 14.4 Å². The smallest absolute Gasteiger partial charge is 0.300 e. The summed E-state index contributed by atoms with van der Waals surface area (Å²) in [5.74, 6) is -0.970. The SMILES string of the molecule is CCOc1ccc(Cl)c(/C(O)=C2\C(=O)C(=O)N(c3cc(C)cc(C)c3)C2c2ccccc2OC)c1. The maximum atomic E-state index is 13.5. The van der Waals surface area contributed by atoms with Gasteiger partial charge in [-0.25, -0.2) is 0 Å². The molecule has 3 aromatic rings. The van der Waals surface area contributed by atoms with Gasteiger partial charge in [-0.15, -0.1) is 0 Å². The summed E-state index contributed by atoms with van der Waals surface area (Å²) in [4.78, 5) is 28.3. The number of carbonyl (C=O) groups is 2. The van der Waals surface area contributed by atoms with Crippen LogP contribution in [0, 0.1) is 13.8 Å². The summed E-state index contributed by atoms with van der Waals surface area (Å²) in [6, 6.07) is 16.7. The maximum Gasteiger partial charge on any atom is 0.300 e. The number of anilines is 1. The fourth-order valence-corrected chi connectivity index (χ4v) is 4.67. The standard InChI is InChI=1S/C28H26ClNO5/c1-5-35-19-10-11-22(29)21(15-19)26(31)24-25(20-8-6-7-9-23(20)34-4)30(28(33)27(24)32)18-13-16(2)12-17(3)14-18/h6-15,25,31H,5H2,1-4H3/b26-24+. The van der Waals surface area contributed by atoms with Crippen molar-refractivity contribution in [1.29, 1.82) is 0 Å². The van der Waals surface area contributed by atoms with Crippen molar-refractivity contribution in [2.45, 2.75) is 26.8 Å². The molecule has 7 heteroatoms. The van der Waals surface area contributed by atoms with Gasteiger partial charge in [0.25, 0.3) is 11.7 Å². The average Bonchev–Trinajstić information content (AvgIpc) is 3.09. The molecule has 1 fully saturated rings. The van der Waals surface area contributed by atoms with Crippen molar-refractivity contribution in [2.75, 3.05) is 18.6 Å². The quantitative estimate of drug-likeness (QED) is 0.260. The second kappa shape index (κ2) is 9.84. The summed E-state index contributed by atoms with van der Waals surface area (Å²) in [6.45, 7) is 6.10. The number of hydrogen-bond acceptors (Lipinski definition) is 5. The van der Waals surface area contributed by atoms with Crippen LogP contribution in [0.3, 0.4) is 0 Å². The molecule has 4 rings (SSSR count). The zero-order valence-electron chi connectivity index (χ0n) is 20.0. The van der Waals surface area contributed by atoms with Crippen molar-refractivity contribution in [1.82, 2.24) is 0 Å². The zero-order valence-corrected chi connectivity index (χ0v) is 20.7. The van der Waals surface area contributed by atoms with Crippen molar-refractivity contribution < 1.29 is 24.2 Å². The van der Waals surface area contributed by atoms with Gasteiger partial charge in [0.15, 0.2) is 0 Å². The summed E-state index contributed by atoms with van der Waals surface area (Å²) < 4.78 is 11.1. The van der Waals surface area contributed by atoms with Crippen LogP contribution in [-0.2, 0) is 9.59 Å². The lowest BCUT2D eigenvalue weighted by atomic mass is 9.94. The highest BCUT2D eigenvalue weighted by atomic mass is 35.5. The van der Waals surface area contributed by atoms with E-state index in [9.17, 15) is 14.7 Å². The van der Waals surface area contributed by atoms with Crippen LogP contribution in [0.15, 0.2) is 66.2 Å². The molecule has 180 valence electrons. The molecule has 0 aliphatic carbocycles. The van der Waals surface area contributed by atoms with Crippen molar-refractivity contribution in [2.24, 2.45) is 0 Å². The van der Waals surface area contributed by atoms with Gasteiger partial charge >= 0.3 is 0 Å². The predicted octanol–water partition coefficient (Wildman–Crippen LogP) is 5.99. The van der Waals surface area contributed by atoms with E-state index in [1.165, 1.54) is 12.0 Å². The minimum atomic E-state index is -0.931. The van der Waals surface area contributed by atoms with Gasteiger partial charge in [0.2, 0.25) is 0 Å². The van der Waals surface area contributed by atoms with E-state index >= 15 is 0 Å². The van der Waals surface area contributed by atoms with Crippen molar-refractivity contribution in [3.63, 3.8) is 0 Å². The number of aliphatic hydroxyl groups excluding tert-OH is 1. The van der Waals surface area contributed by atoms with E-state index in [1.807, 2.05) is 39.0 Å². The second-order valence-electron chi connectivity index (χ2n) is 8.33. The highest BCUT2D eigenvalue weighted by Gasteiger charge is 2.48. The Morgan fingerprint density at radius 2 is 1.71 bits per heavy atom. The van der Waals surface area contributed by atoms with Crippen LogP contribution in [0.4, 0.5) is 5.69 Å². The molecule has 0 aromatic heterocycles. The van der Waals surface area contributed by atoms with E-state index in [0.717, 1.165) is 11.1 Å². The fraction of sp³-hybridized carbons (Fsp3) is 0.214. The van der Waals surface area contributed by atoms with Crippen molar-refractivity contribution >= 4 is 34.7 Å². The molecule has 35 heavy (non-hydrogen) atoms. The third-order valence-electron chi connectivity index (χ3n) is 5.87. The summed E-state index contributed by atoms with van der Waals surface area (Å²) in [7, 11) is 1.52. The Balaban J connectivity index is 2.01. The molecule has 0 bridgehead atoms. The number of Topliss-reactive ketones (excluding diaryl/α,β-unsaturated/α-hetero) is 1. The van der Waals surface area contributed by atoms with Crippen LogP contribution in [0.25, 0.3) is 5.76 Å². The number of hydrogen-bond donors (Lipinski definition) is 1. The molecule has 6 nitrogen and oxygen atoms in total. The Morgan fingerprint density at radius 1 is 1.03 bits per heavy atom. The maximum absolute atomic E-state index is 13.5. The van der Waals surface area contributed by atoms with E-state index in [1.54, 1.807) is 42.5 Å². The van der Waals surface area contributed by atoms with Crippen molar-refractivity contribution in [3.05, 3.63) is 93.5 Å². The van der Waals surface area contributed by atoms with Crippen LogP contribution in [-0.4, -0.2) is 30.5 Å². The monoisotopic (exact) mass is 491 g/mol. The molecule has 1 N–H and O–H groups in total. The number of nitrogens with zero attached hydrogens (tertiary/aromatic N) is 1. The molecule has 0 saturated carbocycles. The number of ketones is 1. The summed E-state index contributed by atoms with van der Waals surface area (Å²) in [6.07, 6.45) is 0. The molecule has 3 aromatic carbocycles. The molecule has 1 aliphatic heterocycles. The molecule has 1 aliphatic rings. The Morgan fingerprint density at radius 3 is 2.37 bits per heavy atom. The lowest BCUT2D eigenvalue weighted by Gasteiger charge is -2.27. The van der Waals surface area contributed by atoms with Crippen LogP contribution in [0.1, 0.15) is 35.2 Å². The third kappa shape index (κ3) is 4.49. The molecule has 1 unspecified atom stereocenters. The van der Waals surface area contributed by atoms with Gasteiger partial charge in [0, 0.05) is 16.8 Å². The number of amides is 1. The normalized spacial score (nSPS) is 17.1. The first-order valence-electron chi connectivity index (χ1n) is 11.2. The van der Waals surface area contributed by atoms with Crippen LogP contribution in [0.2, 0.25) is 5.02 Å². The number of ether oxygens (including phenoxy) is 2. The number of aliphatic hydroxyl groups is 1. The lowest BCUT2D eigenvalue weighted by molar-refractivity contribution is -0.132. The third-order valence-corrected chi connectivity index (χ3v) is 6.20. The number of para-hydroxylation sites is 1. The fourth-order valence-electron chi connectivity index (χ4n) is 4.46. The summed E-state index contributed by atoms with van der Waals surface area (Å²) in [5.41, 5.74) is 3.12. The van der Waals surface area contributed by atoms with Gasteiger partial charge < -0.3 is 14.6 Å². The first kappa shape index (κ1) is 24.4. The van der Waals surface area contributed by atoms with Gasteiger partial charge in [0.1, 0.15) is 17.3 Å². The summed E-state index contributed by atoms with van der Waals surface area (Å²) in [5, 5.41) is 11.7. The van der Waals surface area contributed by atoms with Crippen LogP contribution >= 0.6 is 11.6 Å². The highest BCUT2D eigenvalue weighted by molar-refractivity contribution is 6.52. The van der Waals surface area contributed by atoms with Gasteiger partial charge in [-0.2, -0.15) is 0 Å².